The Morgan fingerprint density at radius 1 is 1.18 bits per heavy atom. The molecule has 0 aliphatic carbocycles. The van der Waals surface area contributed by atoms with Gasteiger partial charge in [0.05, 0.1) is 23.7 Å². The Bertz CT molecular complexity index is 489. The smallest absolute Gasteiger partial charge is 0.323 e. The number of hydrogen-bond acceptors (Lipinski definition) is 2. The summed E-state index contributed by atoms with van der Waals surface area (Å²) in [5, 5.41) is 7.79. The van der Waals surface area contributed by atoms with Crippen LogP contribution in [-0.4, -0.2) is 27.3 Å². The fourth-order valence-electron chi connectivity index (χ4n) is 3.58. The molecule has 1 aromatic carbocycles. The van der Waals surface area contributed by atoms with Crippen LogP contribution in [-0.2, 0) is 13.0 Å². The second kappa shape index (κ2) is 8.49. The molecule has 3 nitrogen and oxygen atoms in total. The standard InChI is InChI=1S/C18H29O3Si/c1-12(2)22(13(3)4)14(5)7-18-15(10-19)8-17(21-6)9-16(18)11-20/h8-10,12-14,20H,7,11H2,1-6H3/q+1/p+1. The maximum Gasteiger partial charge on any atom is 0.323 e. The van der Waals surface area contributed by atoms with Crippen molar-refractivity contribution < 1.29 is 14.6 Å². The monoisotopic (exact) mass is 322 g/mol. The normalized spacial score (nSPS) is 12.6. The van der Waals surface area contributed by atoms with Gasteiger partial charge in [0.1, 0.15) is 12.0 Å². The van der Waals surface area contributed by atoms with E-state index in [1.54, 1.807) is 13.2 Å². The van der Waals surface area contributed by atoms with Crippen LogP contribution in [0.4, 0.5) is 0 Å². The molecule has 1 rings (SSSR count). The maximum absolute atomic E-state index is 11.5. The van der Waals surface area contributed by atoms with Crippen molar-refractivity contribution in [3.8, 4) is 5.75 Å². The van der Waals surface area contributed by atoms with Gasteiger partial charge in [-0.3, -0.25) is 4.79 Å². The second-order valence-electron chi connectivity index (χ2n) is 6.56. The Morgan fingerprint density at radius 2 is 1.77 bits per heavy atom. The van der Waals surface area contributed by atoms with E-state index in [9.17, 15) is 4.79 Å². The van der Waals surface area contributed by atoms with Crippen molar-refractivity contribution in [3.05, 3.63) is 28.8 Å². The first-order valence-electron chi connectivity index (χ1n) is 8.01. The van der Waals surface area contributed by atoms with Gasteiger partial charge in [-0.1, -0.05) is 0 Å². The average Bonchev–Trinajstić information content (AvgIpc) is 2.46. The third kappa shape index (κ3) is 4.43. The van der Waals surface area contributed by atoms with Crippen molar-refractivity contribution in [3.63, 3.8) is 0 Å². The fraction of sp³-hybridized carbons (Fsp3) is 0.611. The zero-order chi connectivity index (χ0) is 16.9. The number of benzene rings is 1. The lowest BCUT2D eigenvalue weighted by Crippen LogP contribution is -2.28. The number of hydrogen-bond donors (Lipinski definition) is 0. The first kappa shape index (κ1) is 18.9. The summed E-state index contributed by atoms with van der Waals surface area (Å²) in [5.74, 6) is 0.666. The molecule has 0 bridgehead atoms. The van der Waals surface area contributed by atoms with Gasteiger partial charge in [0.25, 0.3) is 0 Å². The van der Waals surface area contributed by atoms with Gasteiger partial charge in [-0.05, 0) is 52.3 Å². The van der Waals surface area contributed by atoms with E-state index in [0.29, 0.717) is 27.9 Å². The van der Waals surface area contributed by atoms with Gasteiger partial charge in [0.2, 0.25) is 0 Å². The number of carbonyl (C=O) groups excluding carboxylic acids is 1. The van der Waals surface area contributed by atoms with Crippen LogP contribution in [0.25, 0.3) is 0 Å². The molecule has 0 aromatic heterocycles. The van der Waals surface area contributed by atoms with Crippen LogP contribution in [0.3, 0.4) is 0 Å². The molecular formula is C18H30O3Si+2. The molecule has 0 aliphatic heterocycles. The van der Waals surface area contributed by atoms with Crippen LogP contribution in [0.5, 0.6) is 5.75 Å². The molecular weight excluding hydrogens is 292 g/mol. The summed E-state index contributed by atoms with van der Waals surface area (Å²) in [6.07, 6.45) is 1.79. The molecule has 0 aliphatic rings. The Balaban J connectivity index is 3.17. The van der Waals surface area contributed by atoms with E-state index in [4.69, 9.17) is 9.84 Å². The van der Waals surface area contributed by atoms with Crippen LogP contribution in [0, 0.1) is 0 Å². The minimum Gasteiger partial charge on any atom is -0.497 e. The van der Waals surface area contributed by atoms with E-state index >= 15 is 0 Å². The van der Waals surface area contributed by atoms with Crippen LogP contribution >= 0.6 is 0 Å². The quantitative estimate of drug-likeness (QED) is 0.413. The van der Waals surface area contributed by atoms with Crippen molar-refractivity contribution in [1.29, 1.82) is 0 Å². The number of aldehydes is 1. The fourth-order valence-corrected chi connectivity index (χ4v) is 7.63. The van der Waals surface area contributed by atoms with Crippen LogP contribution in [0.1, 0.15) is 56.1 Å². The zero-order valence-corrected chi connectivity index (χ0v) is 15.7. The molecule has 0 spiro atoms. The van der Waals surface area contributed by atoms with Crippen LogP contribution in [0.15, 0.2) is 12.1 Å². The summed E-state index contributed by atoms with van der Waals surface area (Å²) in [6.45, 7) is 11.7. The lowest BCUT2D eigenvalue weighted by molar-refractivity contribution is 0.112. The lowest BCUT2D eigenvalue weighted by atomic mass is 9.97. The largest absolute Gasteiger partial charge is 0.497 e. The summed E-state index contributed by atoms with van der Waals surface area (Å²) < 4.78 is 5.25. The molecule has 0 saturated heterocycles. The minimum atomic E-state index is -0.527. The predicted molar refractivity (Wildman–Crippen MR) is 94.8 cm³/mol. The van der Waals surface area contributed by atoms with E-state index in [2.05, 4.69) is 34.6 Å². The molecule has 1 unspecified atom stereocenters. The van der Waals surface area contributed by atoms with Crippen molar-refractivity contribution in [2.75, 3.05) is 7.11 Å². The van der Waals surface area contributed by atoms with Crippen LogP contribution < -0.4 is 4.74 Å². The highest BCUT2D eigenvalue weighted by Crippen LogP contribution is 2.34. The van der Waals surface area contributed by atoms with Crippen molar-refractivity contribution in [2.45, 2.75) is 64.3 Å². The molecule has 0 fully saturated rings. The lowest BCUT2D eigenvalue weighted by Gasteiger charge is -2.19. The minimum absolute atomic E-state index is 0.186. The Hall–Kier alpha value is -1.13. The topological polar surface area (TPSA) is 49.2 Å². The van der Waals surface area contributed by atoms with Gasteiger partial charge in [-0.25, -0.2) is 0 Å². The van der Waals surface area contributed by atoms with Crippen molar-refractivity contribution in [2.24, 2.45) is 0 Å². The highest BCUT2D eigenvalue weighted by atomic mass is 28.3. The summed E-state index contributed by atoms with van der Waals surface area (Å²) in [4.78, 5) is 11.5. The van der Waals surface area contributed by atoms with E-state index < -0.39 is 8.80 Å². The molecule has 4 heteroatoms. The molecule has 22 heavy (non-hydrogen) atoms. The van der Waals surface area contributed by atoms with E-state index in [0.717, 1.165) is 23.8 Å². The average molecular weight is 323 g/mol. The third-order valence-electron chi connectivity index (χ3n) is 4.32. The van der Waals surface area contributed by atoms with E-state index in [-0.39, 0.29) is 6.61 Å². The third-order valence-corrected chi connectivity index (χ3v) is 8.32. The maximum atomic E-state index is 11.5. The molecule has 1 aromatic rings. The van der Waals surface area contributed by atoms with E-state index in [1.165, 1.54) is 0 Å². The molecule has 0 heterocycles. The Kier molecular flexibility index (Phi) is 7.30. The number of methoxy groups -OCH3 is 1. The zero-order valence-electron chi connectivity index (χ0n) is 14.7. The molecule has 2 N–H and O–H groups in total. The number of rotatable bonds is 8. The second-order valence-corrected chi connectivity index (χ2v) is 10.9. The summed E-state index contributed by atoms with van der Waals surface area (Å²) in [6, 6.07) is 3.70. The molecule has 122 valence electrons. The van der Waals surface area contributed by atoms with Gasteiger partial charge in [-0.15, -0.1) is 0 Å². The highest BCUT2D eigenvalue weighted by molar-refractivity contribution is 6.63. The molecule has 0 amide bonds. The summed E-state index contributed by atoms with van der Waals surface area (Å²) >= 11 is 0. The SMILES string of the molecule is COc1cc(C=O)c(CC(C)[Si+](C(C)C)C(C)C)c(C[OH2+])c1. The first-order valence-corrected chi connectivity index (χ1v) is 9.75. The van der Waals surface area contributed by atoms with E-state index in [1.807, 2.05) is 6.07 Å². The van der Waals surface area contributed by atoms with Gasteiger partial charge < -0.3 is 9.84 Å². The van der Waals surface area contributed by atoms with Gasteiger partial charge in [0, 0.05) is 17.5 Å². The molecule has 0 saturated carbocycles. The molecule has 0 radical (unpaired) electrons. The van der Waals surface area contributed by atoms with Gasteiger partial charge >= 0.3 is 8.80 Å². The number of carbonyl (C=O) groups is 1. The van der Waals surface area contributed by atoms with Crippen molar-refractivity contribution in [1.82, 2.24) is 0 Å². The van der Waals surface area contributed by atoms with Gasteiger partial charge in [0.15, 0.2) is 6.61 Å². The highest BCUT2D eigenvalue weighted by Gasteiger charge is 2.41. The summed E-state index contributed by atoms with van der Waals surface area (Å²) in [7, 11) is 1.07. The Labute approximate surface area is 136 Å². The van der Waals surface area contributed by atoms with Gasteiger partial charge in [-0.2, -0.15) is 0 Å². The summed E-state index contributed by atoms with van der Waals surface area (Å²) in [5.41, 5.74) is 4.63. The Morgan fingerprint density at radius 3 is 2.18 bits per heavy atom. The van der Waals surface area contributed by atoms with Crippen molar-refractivity contribution >= 4 is 15.1 Å². The van der Waals surface area contributed by atoms with Crippen LogP contribution in [0.2, 0.25) is 16.6 Å². The molecule has 1 atom stereocenters. The number of ether oxygens (including phenoxy) is 1. The first-order chi connectivity index (χ1) is 10.3. The predicted octanol–water partition coefficient (Wildman–Crippen LogP) is 3.98.